The van der Waals surface area contributed by atoms with Gasteiger partial charge in [-0.3, -0.25) is 9.36 Å². The summed E-state index contributed by atoms with van der Waals surface area (Å²) in [5, 5.41) is 5.28. The summed E-state index contributed by atoms with van der Waals surface area (Å²) in [4.78, 5) is 25.0. The lowest BCUT2D eigenvalue weighted by atomic mass is 10.0. The van der Waals surface area contributed by atoms with Crippen molar-refractivity contribution in [3.63, 3.8) is 0 Å². The van der Waals surface area contributed by atoms with E-state index in [1.807, 2.05) is 43.3 Å². The van der Waals surface area contributed by atoms with Gasteiger partial charge in [-0.2, -0.15) is 0 Å². The van der Waals surface area contributed by atoms with Crippen molar-refractivity contribution in [3.8, 4) is 0 Å². The summed E-state index contributed by atoms with van der Waals surface area (Å²) in [7, 11) is 0. The van der Waals surface area contributed by atoms with E-state index >= 15 is 0 Å². The predicted octanol–water partition coefficient (Wildman–Crippen LogP) is 4.19. The Bertz CT molecular complexity index is 1190. The van der Waals surface area contributed by atoms with Crippen LogP contribution in [0.5, 0.6) is 0 Å². The van der Waals surface area contributed by atoms with Crippen molar-refractivity contribution in [1.29, 1.82) is 0 Å². The van der Waals surface area contributed by atoms with E-state index in [9.17, 15) is 9.59 Å². The first kappa shape index (κ1) is 17.1. The van der Waals surface area contributed by atoms with E-state index in [0.29, 0.717) is 11.1 Å². The van der Waals surface area contributed by atoms with Gasteiger partial charge in [0.15, 0.2) is 5.58 Å². The summed E-state index contributed by atoms with van der Waals surface area (Å²) in [5.74, 6) is -0.762. The first-order valence-corrected chi connectivity index (χ1v) is 8.94. The van der Waals surface area contributed by atoms with Gasteiger partial charge in [0.25, 0.3) is 0 Å². The SMILES string of the molecule is CC(NC(=O)C(C)n1c(=O)oc2ccccc21)c1ccc2ccccc2c1. The second-order valence-electron chi connectivity index (χ2n) is 6.72. The molecule has 5 nitrogen and oxygen atoms in total. The molecule has 27 heavy (non-hydrogen) atoms. The number of rotatable bonds is 4. The van der Waals surface area contributed by atoms with E-state index in [-0.39, 0.29) is 11.9 Å². The van der Waals surface area contributed by atoms with Gasteiger partial charge in [-0.25, -0.2) is 4.79 Å². The predicted molar refractivity (Wildman–Crippen MR) is 106 cm³/mol. The van der Waals surface area contributed by atoms with Gasteiger partial charge in [-0.1, -0.05) is 48.5 Å². The third-order valence-corrected chi connectivity index (χ3v) is 4.92. The highest BCUT2D eigenvalue weighted by Gasteiger charge is 2.22. The topological polar surface area (TPSA) is 64.2 Å². The average molecular weight is 360 g/mol. The van der Waals surface area contributed by atoms with Crippen LogP contribution in [0.25, 0.3) is 21.9 Å². The molecule has 1 heterocycles. The Labute approximate surface area is 156 Å². The van der Waals surface area contributed by atoms with Crippen LogP contribution in [-0.2, 0) is 4.79 Å². The fourth-order valence-electron chi connectivity index (χ4n) is 3.36. The molecule has 0 saturated carbocycles. The van der Waals surface area contributed by atoms with E-state index in [1.165, 1.54) is 4.57 Å². The maximum Gasteiger partial charge on any atom is 0.420 e. The van der Waals surface area contributed by atoms with E-state index in [2.05, 4.69) is 17.4 Å². The number of hydrogen-bond donors (Lipinski definition) is 1. The van der Waals surface area contributed by atoms with Gasteiger partial charge in [0.2, 0.25) is 5.91 Å². The number of nitrogens with one attached hydrogen (secondary N) is 1. The van der Waals surface area contributed by atoms with Crippen LogP contribution in [0.3, 0.4) is 0 Å². The number of carbonyl (C=O) groups is 1. The number of nitrogens with zero attached hydrogens (tertiary/aromatic N) is 1. The molecule has 0 aliphatic carbocycles. The van der Waals surface area contributed by atoms with Crippen molar-refractivity contribution >= 4 is 27.8 Å². The smallest absolute Gasteiger partial charge is 0.408 e. The molecule has 1 N–H and O–H groups in total. The number of amides is 1. The number of para-hydroxylation sites is 2. The molecule has 4 rings (SSSR count). The van der Waals surface area contributed by atoms with Gasteiger partial charge in [0.05, 0.1) is 11.6 Å². The number of benzene rings is 3. The Kier molecular flexibility index (Phi) is 4.28. The van der Waals surface area contributed by atoms with Gasteiger partial charge in [-0.15, -0.1) is 0 Å². The van der Waals surface area contributed by atoms with Crippen LogP contribution in [0.4, 0.5) is 0 Å². The average Bonchev–Trinajstić information content (AvgIpc) is 3.02. The zero-order valence-corrected chi connectivity index (χ0v) is 15.2. The van der Waals surface area contributed by atoms with Gasteiger partial charge in [0.1, 0.15) is 6.04 Å². The fourth-order valence-corrected chi connectivity index (χ4v) is 3.36. The normalized spacial score (nSPS) is 13.6. The van der Waals surface area contributed by atoms with Crippen LogP contribution in [0, 0.1) is 0 Å². The lowest BCUT2D eigenvalue weighted by Gasteiger charge is -2.19. The number of aromatic nitrogens is 1. The van der Waals surface area contributed by atoms with Crippen molar-refractivity contribution in [2.24, 2.45) is 0 Å². The zero-order valence-electron chi connectivity index (χ0n) is 15.2. The quantitative estimate of drug-likeness (QED) is 0.594. The minimum absolute atomic E-state index is 0.182. The Hall–Kier alpha value is -3.34. The Morgan fingerprint density at radius 3 is 2.48 bits per heavy atom. The highest BCUT2D eigenvalue weighted by Crippen LogP contribution is 2.22. The fraction of sp³-hybridized carbons (Fsp3) is 0.182. The molecular formula is C22H20N2O3. The monoisotopic (exact) mass is 360 g/mol. The van der Waals surface area contributed by atoms with E-state index in [4.69, 9.17) is 4.42 Å². The van der Waals surface area contributed by atoms with Crippen molar-refractivity contribution in [3.05, 3.63) is 82.8 Å². The summed E-state index contributed by atoms with van der Waals surface area (Å²) in [6.45, 7) is 3.64. The maximum absolute atomic E-state index is 12.8. The van der Waals surface area contributed by atoms with Crippen LogP contribution in [0.15, 0.2) is 75.9 Å². The Balaban J connectivity index is 1.58. The molecule has 0 saturated heterocycles. The van der Waals surface area contributed by atoms with Crippen LogP contribution in [0.2, 0.25) is 0 Å². The minimum Gasteiger partial charge on any atom is -0.408 e. The van der Waals surface area contributed by atoms with E-state index < -0.39 is 11.8 Å². The lowest BCUT2D eigenvalue weighted by Crippen LogP contribution is -2.35. The third-order valence-electron chi connectivity index (χ3n) is 4.92. The van der Waals surface area contributed by atoms with Crippen LogP contribution in [-0.4, -0.2) is 10.5 Å². The molecule has 0 fully saturated rings. The summed E-state index contributed by atoms with van der Waals surface area (Å²) in [6, 6.07) is 20.5. The van der Waals surface area contributed by atoms with Crippen LogP contribution >= 0.6 is 0 Å². The largest absolute Gasteiger partial charge is 0.420 e. The molecule has 0 aliphatic heterocycles. The summed E-state index contributed by atoms with van der Waals surface area (Å²) >= 11 is 0. The standard InChI is InChI=1S/C22H20N2O3/c1-14(17-12-11-16-7-3-4-8-18(16)13-17)23-21(25)15(2)24-19-9-5-6-10-20(19)27-22(24)26/h3-15H,1-2H3,(H,23,25). The highest BCUT2D eigenvalue weighted by atomic mass is 16.4. The first-order chi connectivity index (χ1) is 13.0. The van der Waals surface area contributed by atoms with Crippen molar-refractivity contribution < 1.29 is 9.21 Å². The zero-order chi connectivity index (χ0) is 19.0. The summed E-state index contributed by atoms with van der Waals surface area (Å²) < 4.78 is 6.62. The molecule has 4 aromatic rings. The number of hydrogen-bond acceptors (Lipinski definition) is 3. The molecule has 1 amide bonds. The summed E-state index contributed by atoms with van der Waals surface area (Å²) in [5.41, 5.74) is 2.10. The van der Waals surface area contributed by atoms with Crippen LogP contribution < -0.4 is 11.1 Å². The maximum atomic E-state index is 12.8. The molecule has 0 radical (unpaired) electrons. The molecule has 2 unspecified atom stereocenters. The molecule has 136 valence electrons. The van der Waals surface area contributed by atoms with Gasteiger partial charge in [-0.05, 0) is 48.4 Å². The lowest BCUT2D eigenvalue weighted by molar-refractivity contribution is -0.124. The molecule has 5 heteroatoms. The Morgan fingerprint density at radius 2 is 1.67 bits per heavy atom. The van der Waals surface area contributed by atoms with Gasteiger partial charge < -0.3 is 9.73 Å². The summed E-state index contributed by atoms with van der Waals surface area (Å²) in [6.07, 6.45) is 0. The van der Waals surface area contributed by atoms with Crippen molar-refractivity contribution in [2.75, 3.05) is 0 Å². The van der Waals surface area contributed by atoms with Crippen molar-refractivity contribution in [1.82, 2.24) is 9.88 Å². The molecular weight excluding hydrogens is 340 g/mol. The van der Waals surface area contributed by atoms with E-state index in [0.717, 1.165) is 16.3 Å². The third kappa shape index (κ3) is 3.12. The molecule has 0 aliphatic rings. The molecule has 3 aromatic carbocycles. The minimum atomic E-state index is -0.677. The van der Waals surface area contributed by atoms with Crippen LogP contribution in [0.1, 0.15) is 31.5 Å². The Morgan fingerprint density at radius 1 is 0.963 bits per heavy atom. The van der Waals surface area contributed by atoms with Crippen molar-refractivity contribution in [2.45, 2.75) is 25.9 Å². The first-order valence-electron chi connectivity index (χ1n) is 8.94. The highest BCUT2D eigenvalue weighted by molar-refractivity contribution is 5.85. The molecule has 0 spiro atoms. The van der Waals surface area contributed by atoms with Gasteiger partial charge >= 0.3 is 5.76 Å². The number of oxazole rings is 1. The molecule has 0 bridgehead atoms. The second-order valence-corrected chi connectivity index (χ2v) is 6.72. The molecule has 2 atom stereocenters. The number of carbonyl (C=O) groups excluding carboxylic acids is 1. The van der Waals surface area contributed by atoms with E-state index in [1.54, 1.807) is 25.1 Å². The second kappa shape index (κ2) is 6.76. The molecule has 1 aromatic heterocycles. The number of fused-ring (bicyclic) bond motifs is 2. The van der Waals surface area contributed by atoms with Gasteiger partial charge in [0, 0.05) is 0 Å².